The standard InChI is InChI=1S/C11H15NO3/c1-3-12(2)11(14)8-15-10-6-4-9(13)5-7-10/h4-7,13H,3,8H2,1-2H3. The lowest BCUT2D eigenvalue weighted by Crippen LogP contribution is -2.31. The van der Waals surface area contributed by atoms with Crippen LogP contribution < -0.4 is 4.74 Å². The molecule has 1 N–H and O–H groups in total. The molecular formula is C11H15NO3. The Morgan fingerprint density at radius 2 is 2.00 bits per heavy atom. The molecule has 0 radical (unpaired) electrons. The highest BCUT2D eigenvalue weighted by Gasteiger charge is 2.06. The van der Waals surface area contributed by atoms with E-state index in [2.05, 4.69) is 0 Å². The summed E-state index contributed by atoms with van der Waals surface area (Å²) in [6.45, 7) is 2.59. The number of amides is 1. The summed E-state index contributed by atoms with van der Waals surface area (Å²) < 4.78 is 5.24. The van der Waals surface area contributed by atoms with Gasteiger partial charge in [-0.15, -0.1) is 0 Å². The quantitative estimate of drug-likeness (QED) is 0.811. The monoisotopic (exact) mass is 209 g/mol. The predicted octanol–water partition coefficient (Wildman–Crippen LogP) is 1.25. The SMILES string of the molecule is CCN(C)C(=O)COc1ccc(O)cc1. The van der Waals surface area contributed by atoms with E-state index in [0.717, 1.165) is 0 Å². The molecule has 1 rings (SSSR count). The first kappa shape index (κ1) is 11.4. The molecule has 82 valence electrons. The second-order valence-electron chi connectivity index (χ2n) is 3.19. The van der Waals surface area contributed by atoms with E-state index in [0.29, 0.717) is 12.3 Å². The summed E-state index contributed by atoms with van der Waals surface area (Å²) in [5.41, 5.74) is 0. The minimum atomic E-state index is -0.0643. The summed E-state index contributed by atoms with van der Waals surface area (Å²) in [4.78, 5) is 12.9. The van der Waals surface area contributed by atoms with Gasteiger partial charge in [-0.25, -0.2) is 0 Å². The Hall–Kier alpha value is -1.71. The summed E-state index contributed by atoms with van der Waals surface area (Å²) in [6, 6.07) is 6.27. The lowest BCUT2D eigenvalue weighted by atomic mass is 10.3. The van der Waals surface area contributed by atoms with Crippen molar-refractivity contribution in [1.82, 2.24) is 4.90 Å². The summed E-state index contributed by atoms with van der Waals surface area (Å²) in [5.74, 6) is 0.690. The zero-order chi connectivity index (χ0) is 11.3. The Morgan fingerprint density at radius 3 is 2.53 bits per heavy atom. The van der Waals surface area contributed by atoms with Gasteiger partial charge in [0.25, 0.3) is 5.91 Å². The third-order valence-corrected chi connectivity index (χ3v) is 2.10. The normalized spacial score (nSPS) is 9.73. The number of ether oxygens (including phenoxy) is 1. The van der Waals surface area contributed by atoms with Crippen LogP contribution in [0.3, 0.4) is 0 Å². The number of likely N-dealkylation sites (N-methyl/N-ethyl adjacent to an activating group) is 1. The topological polar surface area (TPSA) is 49.8 Å². The van der Waals surface area contributed by atoms with Crippen LogP contribution in [-0.2, 0) is 4.79 Å². The van der Waals surface area contributed by atoms with Crippen molar-refractivity contribution in [3.63, 3.8) is 0 Å². The molecule has 0 aliphatic carbocycles. The van der Waals surface area contributed by atoms with Crippen LogP contribution in [0.1, 0.15) is 6.92 Å². The fourth-order valence-corrected chi connectivity index (χ4v) is 0.974. The highest BCUT2D eigenvalue weighted by molar-refractivity contribution is 5.77. The molecule has 0 atom stereocenters. The van der Waals surface area contributed by atoms with Crippen LogP contribution in [0, 0.1) is 0 Å². The zero-order valence-electron chi connectivity index (χ0n) is 8.93. The molecule has 0 aromatic heterocycles. The van der Waals surface area contributed by atoms with E-state index in [-0.39, 0.29) is 18.3 Å². The van der Waals surface area contributed by atoms with Crippen LogP contribution in [0.4, 0.5) is 0 Å². The van der Waals surface area contributed by atoms with E-state index in [1.165, 1.54) is 12.1 Å². The first-order valence-electron chi connectivity index (χ1n) is 4.79. The van der Waals surface area contributed by atoms with Gasteiger partial charge in [0.15, 0.2) is 6.61 Å². The van der Waals surface area contributed by atoms with Gasteiger partial charge in [0.1, 0.15) is 11.5 Å². The molecule has 0 unspecified atom stereocenters. The zero-order valence-corrected chi connectivity index (χ0v) is 8.93. The number of phenols is 1. The molecule has 0 aliphatic rings. The minimum absolute atomic E-state index is 0.0229. The number of phenolic OH excluding ortho intramolecular Hbond substituents is 1. The van der Waals surface area contributed by atoms with Crippen molar-refractivity contribution in [3.8, 4) is 11.5 Å². The fraction of sp³-hybridized carbons (Fsp3) is 0.364. The number of carbonyl (C=O) groups is 1. The van der Waals surface area contributed by atoms with Crippen molar-refractivity contribution in [2.75, 3.05) is 20.2 Å². The molecule has 1 aromatic carbocycles. The van der Waals surface area contributed by atoms with Gasteiger partial charge in [0.05, 0.1) is 0 Å². The lowest BCUT2D eigenvalue weighted by molar-refractivity contribution is -0.131. The number of rotatable bonds is 4. The van der Waals surface area contributed by atoms with Crippen molar-refractivity contribution in [3.05, 3.63) is 24.3 Å². The third kappa shape index (κ3) is 3.50. The largest absolute Gasteiger partial charge is 0.508 e. The maximum Gasteiger partial charge on any atom is 0.260 e. The van der Waals surface area contributed by atoms with E-state index in [1.54, 1.807) is 24.1 Å². The van der Waals surface area contributed by atoms with Crippen molar-refractivity contribution >= 4 is 5.91 Å². The third-order valence-electron chi connectivity index (χ3n) is 2.10. The van der Waals surface area contributed by atoms with E-state index in [1.807, 2.05) is 6.92 Å². The van der Waals surface area contributed by atoms with Gasteiger partial charge in [0.2, 0.25) is 0 Å². The highest BCUT2D eigenvalue weighted by Crippen LogP contribution is 2.15. The van der Waals surface area contributed by atoms with Crippen LogP contribution >= 0.6 is 0 Å². The van der Waals surface area contributed by atoms with Gasteiger partial charge in [-0.1, -0.05) is 0 Å². The van der Waals surface area contributed by atoms with E-state index >= 15 is 0 Å². The first-order valence-corrected chi connectivity index (χ1v) is 4.79. The summed E-state index contributed by atoms with van der Waals surface area (Å²) >= 11 is 0. The predicted molar refractivity (Wildman–Crippen MR) is 56.9 cm³/mol. The molecule has 0 saturated carbocycles. The Labute approximate surface area is 89.1 Å². The van der Waals surface area contributed by atoms with Crippen LogP contribution in [0.25, 0.3) is 0 Å². The average molecular weight is 209 g/mol. The Bertz CT molecular complexity index is 321. The molecule has 1 amide bonds. The Morgan fingerprint density at radius 1 is 1.40 bits per heavy atom. The maximum atomic E-state index is 11.4. The van der Waals surface area contributed by atoms with Gasteiger partial charge in [0, 0.05) is 13.6 Å². The number of hydrogen-bond donors (Lipinski definition) is 1. The molecule has 4 nitrogen and oxygen atoms in total. The molecule has 0 bridgehead atoms. The number of hydrogen-bond acceptors (Lipinski definition) is 3. The van der Waals surface area contributed by atoms with Crippen LogP contribution in [-0.4, -0.2) is 36.1 Å². The van der Waals surface area contributed by atoms with E-state index < -0.39 is 0 Å². The molecule has 4 heteroatoms. The fourth-order valence-electron chi connectivity index (χ4n) is 0.974. The van der Waals surface area contributed by atoms with Crippen molar-refractivity contribution < 1.29 is 14.6 Å². The molecule has 15 heavy (non-hydrogen) atoms. The summed E-state index contributed by atoms with van der Waals surface area (Å²) in [7, 11) is 1.72. The maximum absolute atomic E-state index is 11.4. The van der Waals surface area contributed by atoms with E-state index in [4.69, 9.17) is 9.84 Å². The molecule has 0 heterocycles. The number of carbonyl (C=O) groups excluding carboxylic acids is 1. The van der Waals surface area contributed by atoms with Crippen LogP contribution in [0.15, 0.2) is 24.3 Å². The molecular weight excluding hydrogens is 194 g/mol. The Kier molecular flexibility index (Phi) is 3.97. The molecule has 0 aliphatic heterocycles. The molecule has 0 spiro atoms. The first-order chi connectivity index (χ1) is 7.13. The smallest absolute Gasteiger partial charge is 0.260 e. The second-order valence-corrected chi connectivity index (χ2v) is 3.19. The highest BCUT2D eigenvalue weighted by atomic mass is 16.5. The molecule has 0 saturated heterocycles. The number of nitrogens with zero attached hydrogens (tertiary/aromatic N) is 1. The molecule has 1 aromatic rings. The van der Waals surface area contributed by atoms with Gasteiger partial charge >= 0.3 is 0 Å². The average Bonchev–Trinajstić information content (AvgIpc) is 2.26. The minimum Gasteiger partial charge on any atom is -0.508 e. The summed E-state index contributed by atoms with van der Waals surface area (Å²) in [5, 5.41) is 9.03. The lowest BCUT2D eigenvalue weighted by Gasteiger charge is -2.14. The van der Waals surface area contributed by atoms with Crippen molar-refractivity contribution in [1.29, 1.82) is 0 Å². The van der Waals surface area contributed by atoms with E-state index in [9.17, 15) is 4.79 Å². The van der Waals surface area contributed by atoms with Crippen molar-refractivity contribution in [2.45, 2.75) is 6.92 Å². The van der Waals surface area contributed by atoms with Gasteiger partial charge in [-0.2, -0.15) is 0 Å². The number of benzene rings is 1. The molecule has 0 fully saturated rings. The second kappa shape index (κ2) is 5.24. The Balaban J connectivity index is 2.43. The van der Waals surface area contributed by atoms with Crippen LogP contribution in [0.2, 0.25) is 0 Å². The van der Waals surface area contributed by atoms with Gasteiger partial charge in [-0.05, 0) is 31.2 Å². The number of aromatic hydroxyl groups is 1. The van der Waals surface area contributed by atoms with Crippen LogP contribution in [0.5, 0.6) is 11.5 Å². The van der Waals surface area contributed by atoms with Gasteiger partial charge in [-0.3, -0.25) is 4.79 Å². The summed E-state index contributed by atoms with van der Waals surface area (Å²) in [6.07, 6.45) is 0. The van der Waals surface area contributed by atoms with Crippen molar-refractivity contribution in [2.24, 2.45) is 0 Å². The van der Waals surface area contributed by atoms with Gasteiger partial charge < -0.3 is 14.7 Å².